The molecule has 1 aromatic rings. The van der Waals surface area contributed by atoms with Crippen LogP contribution in [0.5, 0.6) is 5.75 Å². The Labute approximate surface area is 100 Å². The van der Waals surface area contributed by atoms with E-state index in [9.17, 15) is 15.0 Å². The smallest absolute Gasteiger partial charge is 0.202 e. The van der Waals surface area contributed by atoms with Gasteiger partial charge in [-0.1, -0.05) is 19.1 Å². The predicted molar refractivity (Wildman–Crippen MR) is 65.1 cm³/mol. The average Bonchev–Trinajstić information content (AvgIpc) is 2.37. The highest BCUT2D eigenvalue weighted by atomic mass is 16.5. The maximum Gasteiger partial charge on any atom is 0.202 e. The molecule has 0 aromatic heterocycles. The molecule has 0 aliphatic carbocycles. The van der Waals surface area contributed by atoms with Gasteiger partial charge in [-0.25, -0.2) is 0 Å². The number of carbonyl (C=O) groups excluding carboxylic acids is 1. The third kappa shape index (κ3) is 3.00. The largest absolute Gasteiger partial charge is 0.504 e. The second-order valence-electron chi connectivity index (χ2n) is 3.57. The van der Waals surface area contributed by atoms with Gasteiger partial charge in [0, 0.05) is 6.42 Å². The molecule has 0 aliphatic heterocycles. The lowest BCUT2D eigenvalue weighted by atomic mass is 10.1. The van der Waals surface area contributed by atoms with Crippen molar-refractivity contribution in [2.24, 2.45) is 0 Å². The van der Waals surface area contributed by atoms with Crippen molar-refractivity contribution in [2.75, 3.05) is 7.11 Å². The average molecular weight is 236 g/mol. The molecule has 1 aromatic carbocycles. The van der Waals surface area contributed by atoms with E-state index in [0.29, 0.717) is 17.7 Å². The van der Waals surface area contributed by atoms with E-state index in [-0.39, 0.29) is 6.42 Å². The predicted octanol–water partition coefficient (Wildman–Crippen LogP) is 2.85. The number of methoxy groups -OCH3 is 1. The zero-order chi connectivity index (χ0) is 12.8. The minimum atomic E-state index is -0.614. The summed E-state index contributed by atoms with van der Waals surface area (Å²) < 4.78 is 5.04. The lowest BCUT2D eigenvalue weighted by molar-refractivity contribution is -0.118. The first kappa shape index (κ1) is 13.1. The quantitative estimate of drug-likeness (QED) is 0.609. The van der Waals surface area contributed by atoms with Crippen molar-refractivity contribution in [2.45, 2.75) is 19.8 Å². The van der Waals surface area contributed by atoms with Crippen molar-refractivity contribution < 1.29 is 19.7 Å². The molecule has 0 amide bonds. The number of aliphatic hydroxyl groups is 2. The molecule has 0 saturated heterocycles. The second-order valence-corrected chi connectivity index (χ2v) is 3.57. The van der Waals surface area contributed by atoms with Crippen LogP contribution in [0.4, 0.5) is 0 Å². The Morgan fingerprint density at radius 1 is 1.29 bits per heavy atom. The molecule has 2 N–H and O–H groups in total. The first-order valence-corrected chi connectivity index (χ1v) is 5.40. The Balaban J connectivity index is 3.13. The Hall–Kier alpha value is -1.97. The van der Waals surface area contributed by atoms with Gasteiger partial charge in [-0.2, -0.15) is 0 Å². The van der Waals surface area contributed by atoms with Gasteiger partial charge in [0.05, 0.1) is 12.7 Å². The number of aliphatic hydroxyl groups excluding tert-OH is 2. The summed E-state index contributed by atoms with van der Waals surface area (Å²) in [6.45, 7) is 1.82. The summed E-state index contributed by atoms with van der Waals surface area (Å²) in [6.07, 6.45) is 0.813. The number of ether oxygens (including phenoxy) is 1. The standard InChI is InChI=1S/C13H16O4/c1-3-6-10(14)13(16)12(15)9-7-4-5-8-11(9)17-2/h4-5,7-8,15-16H,3,6H2,1-2H3. The van der Waals surface area contributed by atoms with Gasteiger partial charge in [-0.3, -0.25) is 4.79 Å². The van der Waals surface area contributed by atoms with Gasteiger partial charge in [-0.05, 0) is 18.6 Å². The van der Waals surface area contributed by atoms with Crippen LogP contribution in [0.3, 0.4) is 0 Å². The Morgan fingerprint density at radius 3 is 2.53 bits per heavy atom. The molecule has 17 heavy (non-hydrogen) atoms. The van der Waals surface area contributed by atoms with Crippen LogP contribution in [0.2, 0.25) is 0 Å². The van der Waals surface area contributed by atoms with Crippen molar-refractivity contribution >= 4 is 11.5 Å². The van der Waals surface area contributed by atoms with Gasteiger partial charge in [-0.15, -0.1) is 0 Å². The number of allylic oxidation sites excluding steroid dienone is 1. The summed E-state index contributed by atoms with van der Waals surface area (Å²) >= 11 is 0. The van der Waals surface area contributed by atoms with Gasteiger partial charge in [0.25, 0.3) is 0 Å². The molecule has 0 unspecified atom stereocenters. The van der Waals surface area contributed by atoms with Crippen LogP contribution in [0.25, 0.3) is 5.76 Å². The van der Waals surface area contributed by atoms with Crippen LogP contribution in [0.1, 0.15) is 25.3 Å². The van der Waals surface area contributed by atoms with Crippen LogP contribution in [-0.4, -0.2) is 23.1 Å². The number of benzene rings is 1. The van der Waals surface area contributed by atoms with Crippen molar-refractivity contribution in [3.05, 3.63) is 35.6 Å². The number of Topliss-reactive ketones (excluding diaryl/α,β-unsaturated/α-hetero) is 1. The number of para-hydroxylation sites is 1. The fourth-order valence-corrected chi connectivity index (χ4v) is 1.45. The van der Waals surface area contributed by atoms with Gasteiger partial charge in [0.2, 0.25) is 11.5 Å². The van der Waals surface area contributed by atoms with Crippen LogP contribution < -0.4 is 4.74 Å². The number of carbonyl (C=O) groups is 1. The van der Waals surface area contributed by atoms with E-state index in [1.54, 1.807) is 24.3 Å². The van der Waals surface area contributed by atoms with E-state index in [2.05, 4.69) is 0 Å². The second kappa shape index (κ2) is 5.94. The van der Waals surface area contributed by atoms with Crippen LogP contribution in [-0.2, 0) is 4.79 Å². The van der Waals surface area contributed by atoms with Crippen molar-refractivity contribution in [1.29, 1.82) is 0 Å². The summed E-state index contributed by atoms with van der Waals surface area (Å²) in [7, 11) is 1.46. The van der Waals surface area contributed by atoms with Crippen molar-refractivity contribution in [3.8, 4) is 5.75 Å². The van der Waals surface area contributed by atoms with Crippen LogP contribution >= 0.6 is 0 Å². The van der Waals surface area contributed by atoms with Gasteiger partial charge >= 0.3 is 0 Å². The molecule has 0 radical (unpaired) electrons. The lowest BCUT2D eigenvalue weighted by Gasteiger charge is -2.08. The summed E-state index contributed by atoms with van der Waals surface area (Å²) in [6, 6.07) is 6.64. The summed E-state index contributed by atoms with van der Waals surface area (Å²) in [4.78, 5) is 11.4. The van der Waals surface area contributed by atoms with E-state index in [0.717, 1.165) is 0 Å². The minimum Gasteiger partial charge on any atom is -0.504 e. The topological polar surface area (TPSA) is 66.8 Å². The highest BCUT2D eigenvalue weighted by molar-refractivity contribution is 5.99. The van der Waals surface area contributed by atoms with Crippen LogP contribution in [0.15, 0.2) is 30.0 Å². The lowest BCUT2D eigenvalue weighted by Crippen LogP contribution is -2.05. The first-order chi connectivity index (χ1) is 8.11. The first-order valence-electron chi connectivity index (χ1n) is 5.40. The molecule has 0 bridgehead atoms. The molecule has 0 spiro atoms. The maximum atomic E-state index is 11.4. The van der Waals surface area contributed by atoms with Crippen molar-refractivity contribution in [3.63, 3.8) is 0 Å². The summed E-state index contributed by atoms with van der Waals surface area (Å²) in [5.41, 5.74) is 0.303. The van der Waals surface area contributed by atoms with Crippen molar-refractivity contribution in [1.82, 2.24) is 0 Å². The molecule has 4 heteroatoms. The van der Waals surface area contributed by atoms with Gasteiger partial charge < -0.3 is 14.9 Å². The normalized spacial score (nSPS) is 11.9. The van der Waals surface area contributed by atoms with Gasteiger partial charge in [0.1, 0.15) is 5.75 Å². The zero-order valence-electron chi connectivity index (χ0n) is 9.93. The Morgan fingerprint density at radius 2 is 1.94 bits per heavy atom. The molecule has 1 rings (SSSR count). The zero-order valence-corrected chi connectivity index (χ0v) is 9.93. The molecule has 92 valence electrons. The number of ketones is 1. The van der Waals surface area contributed by atoms with E-state index in [1.165, 1.54) is 7.11 Å². The molecule has 0 atom stereocenters. The third-order valence-corrected chi connectivity index (χ3v) is 2.33. The highest BCUT2D eigenvalue weighted by Gasteiger charge is 2.17. The molecule has 0 aliphatic rings. The monoisotopic (exact) mass is 236 g/mol. The number of hydrogen-bond acceptors (Lipinski definition) is 4. The van der Waals surface area contributed by atoms with E-state index < -0.39 is 17.3 Å². The SMILES string of the molecule is CCCC(=O)C(O)=C(O)c1ccccc1OC. The van der Waals surface area contributed by atoms with E-state index in [4.69, 9.17) is 4.74 Å². The fraction of sp³-hybridized carbons (Fsp3) is 0.308. The number of rotatable bonds is 5. The summed E-state index contributed by atoms with van der Waals surface area (Å²) in [5, 5.41) is 19.4. The molecular formula is C13H16O4. The van der Waals surface area contributed by atoms with Gasteiger partial charge in [0.15, 0.2) is 5.76 Å². The molecule has 4 nitrogen and oxygen atoms in total. The Bertz CT molecular complexity index is 435. The summed E-state index contributed by atoms with van der Waals surface area (Å²) in [5.74, 6) is -1.13. The van der Waals surface area contributed by atoms with Crippen LogP contribution in [0, 0.1) is 0 Å². The molecule has 0 heterocycles. The minimum absolute atomic E-state index is 0.199. The molecule has 0 saturated carbocycles. The van der Waals surface area contributed by atoms with E-state index in [1.807, 2.05) is 6.92 Å². The molecular weight excluding hydrogens is 220 g/mol. The Kier molecular flexibility index (Phi) is 4.57. The fourth-order valence-electron chi connectivity index (χ4n) is 1.45. The maximum absolute atomic E-state index is 11.4. The third-order valence-electron chi connectivity index (χ3n) is 2.33. The number of hydrogen-bond donors (Lipinski definition) is 2. The van der Waals surface area contributed by atoms with E-state index >= 15 is 0 Å². The molecule has 0 fully saturated rings. The highest BCUT2D eigenvalue weighted by Crippen LogP contribution is 2.26.